The highest BCUT2D eigenvalue weighted by Crippen LogP contribution is 2.01. The van der Waals surface area contributed by atoms with Crippen LogP contribution in [0.1, 0.15) is 20.3 Å². The number of nitrogens with zero attached hydrogens (tertiary/aromatic N) is 3. The van der Waals surface area contributed by atoms with Gasteiger partial charge in [0.15, 0.2) is 0 Å². The van der Waals surface area contributed by atoms with E-state index in [2.05, 4.69) is 15.3 Å². The summed E-state index contributed by atoms with van der Waals surface area (Å²) in [6.07, 6.45) is 3.08. The molecule has 0 aliphatic rings. The standard InChI is InChI=1S/C12H18N4O3/c1-9(2)16(7-4-11(18)19)8-10(17)15-12-13-5-3-6-14-12/h3,5-6,9H,4,7-8H2,1-2H3,(H,18,19)(H,13,14,15,17). The van der Waals surface area contributed by atoms with Gasteiger partial charge in [-0.1, -0.05) is 0 Å². The zero-order valence-corrected chi connectivity index (χ0v) is 11.0. The molecular formula is C12H18N4O3. The summed E-state index contributed by atoms with van der Waals surface area (Å²) < 4.78 is 0. The fraction of sp³-hybridized carbons (Fsp3) is 0.500. The smallest absolute Gasteiger partial charge is 0.304 e. The molecule has 0 atom stereocenters. The average molecular weight is 266 g/mol. The van der Waals surface area contributed by atoms with E-state index in [4.69, 9.17) is 5.11 Å². The van der Waals surface area contributed by atoms with Gasteiger partial charge >= 0.3 is 5.97 Å². The van der Waals surface area contributed by atoms with Crippen LogP contribution < -0.4 is 5.32 Å². The first-order valence-corrected chi connectivity index (χ1v) is 6.01. The van der Waals surface area contributed by atoms with E-state index >= 15 is 0 Å². The number of rotatable bonds is 7. The van der Waals surface area contributed by atoms with E-state index in [1.54, 1.807) is 11.0 Å². The highest BCUT2D eigenvalue weighted by atomic mass is 16.4. The van der Waals surface area contributed by atoms with E-state index in [9.17, 15) is 9.59 Å². The maximum Gasteiger partial charge on any atom is 0.304 e. The van der Waals surface area contributed by atoms with Gasteiger partial charge < -0.3 is 5.11 Å². The minimum Gasteiger partial charge on any atom is -0.481 e. The number of amides is 1. The maximum absolute atomic E-state index is 11.8. The highest BCUT2D eigenvalue weighted by molar-refractivity contribution is 5.90. The van der Waals surface area contributed by atoms with Gasteiger partial charge in [0.2, 0.25) is 11.9 Å². The molecule has 2 N–H and O–H groups in total. The summed E-state index contributed by atoms with van der Waals surface area (Å²) in [4.78, 5) is 31.9. The predicted molar refractivity (Wildman–Crippen MR) is 69.6 cm³/mol. The van der Waals surface area contributed by atoms with Crippen molar-refractivity contribution in [3.8, 4) is 0 Å². The Morgan fingerprint density at radius 3 is 2.53 bits per heavy atom. The number of anilines is 1. The van der Waals surface area contributed by atoms with Crippen LogP contribution in [-0.2, 0) is 9.59 Å². The van der Waals surface area contributed by atoms with Crippen LogP contribution in [0.15, 0.2) is 18.5 Å². The lowest BCUT2D eigenvalue weighted by molar-refractivity contribution is -0.137. The first-order valence-electron chi connectivity index (χ1n) is 6.01. The minimum absolute atomic E-state index is 0.00724. The summed E-state index contributed by atoms with van der Waals surface area (Å²) in [6.45, 7) is 4.27. The SMILES string of the molecule is CC(C)N(CCC(=O)O)CC(=O)Nc1ncccn1. The molecule has 1 aromatic heterocycles. The van der Waals surface area contributed by atoms with Gasteiger partial charge in [0.25, 0.3) is 0 Å². The van der Waals surface area contributed by atoms with Crippen molar-refractivity contribution >= 4 is 17.8 Å². The van der Waals surface area contributed by atoms with Crippen molar-refractivity contribution in [1.29, 1.82) is 0 Å². The van der Waals surface area contributed by atoms with E-state index < -0.39 is 5.97 Å². The first kappa shape index (κ1) is 15.0. The van der Waals surface area contributed by atoms with Crippen molar-refractivity contribution in [2.45, 2.75) is 26.3 Å². The van der Waals surface area contributed by atoms with Crippen molar-refractivity contribution < 1.29 is 14.7 Å². The Bertz CT molecular complexity index is 422. The third kappa shape index (κ3) is 5.91. The molecule has 1 heterocycles. The number of carboxylic acid groups (broad SMARTS) is 1. The third-order valence-corrected chi connectivity index (χ3v) is 2.51. The van der Waals surface area contributed by atoms with Crippen molar-refractivity contribution in [3.05, 3.63) is 18.5 Å². The Morgan fingerprint density at radius 2 is 2.00 bits per heavy atom. The van der Waals surface area contributed by atoms with Crippen molar-refractivity contribution in [3.63, 3.8) is 0 Å². The Morgan fingerprint density at radius 1 is 1.37 bits per heavy atom. The van der Waals surface area contributed by atoms with Gasteiger partial charge in [-0.05, 0) is 19.9 Å². The molecule has 0 spiro atoms. The zero-order chi connectivity index (χ0) is 14.3. The maximum atomic E-state index is 11.8. The molecule has 0 aromatic carbocycles. The van der Waals surface area contributed by atoms with E-state index in [0.29, 0.717) is 6.54 Å². The molecule has 0 bridgehead atoms. The van der Waals surface area contributed by atoms with Crippen molar-refractivity contribution in [1.82, 2.24) is 14.9 Å². The normalized spacial score (nSPS) is 10.7. The molecule has 1 rings (SSSR count). The first-order chi connectivity index (χ1) is 8.99. The number of carboxylic acids is 1. The third-order valence-electron chi connectivity index (χ3n) is 2.51. The second kappa shape index (κ2) is 7.42. The summed E-state index contributed by atoms with van der Waals surface area (Å²) >= 11 is 0. The van der Waals surface area contributed by atoms with Crippen LogP contribution >= 0.6 is 0 Å². The molecule has 0 fully saturated rings. The number of carbonyl (C=O) groups is 2. The zero-order valence-electron chi connectivity index (χ0n) is 11.0. The fourth-order valence-electron chi connectivity index (χ4n) is 1.47. The average Bonchev–Trinajstić information content (AvgIpc) is 2.35. The Labute approximate surface area is 111 Å². The fourth-order valence-corrected chi connectivity index (χ4v) is 1.47. The number of carbonyl (C=O) groups excluding carboxylic acids is 1. The summed E-state index contributed by atoms with van der Waals surface area (Å²) in [7, 11) is 0. The van der Waals surface area contributed by atoms with E-state index in [-0.39, 0.29) is 30.9 Å². The second-order valence-corrected chi connectivity index (χ2v) is 4.33. The van der Waals surface area contributed by atoms with Crippen LogP contribution in [0.4, 0.5) is 5.95 Å². The molecule has 1 aromatic rings. The number of hydrogen-bond donors (Lipinski definition) is 2. The Balaban J connectivity index is 2.49. The van der Waals surface area contributed by atoms with Crippen LogP contribution in [0, 0.1) is 0 Å². The van der Waals surface area contributed by atoms with E-state index in [1.165, 1.54) is 12.4 Å². The van der Waals surface area contributed by atoms with Crippen molar-refractivity contribution in [2.24, 2.45) is 0 Å². The second-order valence-electron chi connectivity index (χ2n) is 4.33. The molecule has 1 amide bonds. The van der Waals surface area contributed by atoms with Crippen LogP contribution in [0.25, 0.3) is 0 Å². The minimum atomic E-state index is -0.877. The number of aromatic nitrogens is 2. The molecule has 0 unspecified atom stereocenters. The van der Waals surface area contributed by atoms with Gasteiger partial charge in [0.05, 0.1) is 13.0 Å². The van der Waals surface area contributed by atoms with Gasteiger partial charge in [-0.25, -0.2) is 9.97 Å². The molecule has 0 saturated carbocycles. The van der Waals surface area contributed by atoms with Gasteiger partial charge in [-0.3, -0.25) is 19.8 Å². The van der Waals surface area contributed by atoms with Crippen LogP contribution in [0.3, 0.4) is 0 Å². The summed E-state index contributed by atoms with van der Waals surface area (Å²) in [5.74, 6) is -0.891. The molecule has 0 saturated heterocycles. The number of hydrogen-bond acceptors (Lipinski definition) is 5. The molecule has 7 heteroatoms. The molecule has 0 radical (unpaired) electrons. The van der Waals surface area contributed by atoms with E-state index in [1.807, 2.05) is 13.8 Å². The predicted octanol–water partition coefficient (Wildman–Crippen LogP) is 0.600. The number of aliphatic carboxylic acids is 1. The lowest BCUT2D eigenvalue weighted by Gasteiger charge is -2.24. The van der Waals surface area contributed by atoms with Gasteiger partial charge in [0.1, 0.15) is 0 Å². The Hall–Kier alpha value is -2.02. The highest BCUT2D eigenvalue weighted by Gasteiger charge is 2.15. The van der Waals surface area contributed by atoms with Gasteiger partial charge in [-0.2, -0.15) is 0 Å². The quantitative estimate of drug-likeness (QED) is 0.750. The summed E-state index contributed by atoms with van der Waals surface area (Å²) in [5, 5.41) is 11.2. The van der Waals surface area contributed by atoms with Gasteiger partial charge in [0, 0.05) is 25.0 Å². The summed E-state index contributed by atoms with van der Waals surface area (Å²) in [6, 6.07) is 1.74. The largest absolute Gasteiger partial charge is 0.481 e. The van der Waals surface area contributed by atoms with Crippen LogP contribution in [0.2, 0.25) is 0 Å². The monoisotopic (exact) mass is 266 g/mol. The molecule has 7 nitrogen and oxygen atoms in total. The lowest BCUT2D eigenvalue weighted by atomic mass is 10.3. The van der Waals surface area contributed by atoms with Crippen LogP contribution in [0.5, 0.6) is 0 Å². The van der Waals surface area contributed by atoms with Crippen molar-refractivity contribution in [2.75, 3.05) is 18.4 Å². The van der Waals surface area contributed by atoms with Crippen LogP contribution in [-0.4, -0.2) is 51.0 Å². The molecule has 19 heavy (non-hydrogen) atoms. The molecule has 0 aliphatic heterocycles. The molecular weight excluding hydrogens is 248 g/mol. The van der Waals surface area contributed by atoms with E-state index in [0.717, 1.165) is 0 Å². The Kier molecular flexibility index (Phi) is 5.87. The topological polar surface area (TPSA) is 95.4 Å². The van der Waals surface area contributed by atoms with Gasteiger partial charge in [-0.15, -0.1) is 0 Å². The molecule has 104 valence electrons. The summed E-state index contributed by atoms with van der Waals surface area (Å²) in [5.41, 5.74) is 0. The molecule has 0 aliphatic carbocycles. The number of nitrogens with one attached hydrogen (secondary N) is 1. The lowest BCUT2D eigenvalue weighted by Crippen LogP contribution is -2.39.